The van der Waals surface area contributed by atoms with Crippen molar-refractivity contribution in [2.45, 2.75) is 96.8 Å². The van der Waals surface area contributed by atoms with Crippen LogP contribution in [0.25, 0.3) is 0 Å². The van der Waals surface area contributed by atoms with Gasteiger partial charge < -0.3 is 15.2 Å². The largest absolute Gasteiger partial charge is 0.530 e. The maximum Gasteiger partial charge on any atom is 0.134 e. The molecule has 3 heteroatoms. The second-order valence-electron chi connectivity index (χ2n) is 5.81. The lowest BCUT2D eigenvalue weighted by molar-refractivity contribution is -0.250. The summed E-state index contributed by atoms with van der Waals surface area (Å²) in [5.41, 5.74) is 0. The van der Waals surface area contributed by atoms with Crippen molar-refractivity contribution in [1.29, 1.82) is 0 Å². The number of rotatable bonds is 15. The first-order chi connectivity index (χ1) is 9.77. The lowest BCUT2D eigenvalue weighted by Crippen LogP contribution is -2.36. The molecule has 20 heavy (non-hydrogen) atoms. The smallest absolute Gasteiger partial charge is 0.134 e. The molecule has 0 atom stereocenters. The number of amides is 1. The second kappa shape index (κ2) is 16.3. The molecule has 0 spiro atoms. The summed E-state index contributed by atoms with van der Waals surface area (Å²) in [5.74, 6) is 0. The highest BCUT2D eigenvalue weighted by molar-refractivity contribution is 5.61. The van der Waals surface area contributed by atoms with E-state index in [0.717, 1.165) is 12.8 Å². The van der Waals surface area contributed by atoms with Crippen LogP contribution in [0.1, 0.15) is 96.8 Å². The predicted molar refractivity (Wildman–Crippen MR) is 83.7 cm³/mol. The molecule has 3 nitrogen and oxygen atoms in total. The van der Waals surface area contributed by atoms with Crippen molar-refractivity contribution in [2.24, 2.45) is 0 Å². The lowest BCUT2D eigenvalue weighted by atomic mass is 10.0. The zero-order valence-corrected chi connectivity index (χ0v) is 13.4. The van der Waals surface area contributed by atoms with Crippen molar-refractivity contribution in [1.82, 2.24) is 5.32 Å². The molecule has 1 amide bonds. The Morgan fingerprint density at radius 2 is 1.05 bits per heavy atom. The zero-order valence-electron chi connectivity index (χ0n) is 13.4. The molecule has 0 saturated heterocycles. The van der Waals surface area contributed by atoms with Crippen molar-refractivity contribution in [3.05, 3.63) is 0 Å². The maximum absolute atomic E-state index is 10.1. The summed E-state index contributed by atoms with van der Waals surface area (Å²) in [4.78, 5) is 10.1. The minimum Gasteiger partial charge on any atom is -0.530 e. The first-order valence-electron chi connectivity index (χ1n) is 8.72. The van der Waals surface area contributed by atoms with Gasteiger partial charge in [0.05, 0.1) is 0 Å². The fourth-order valence-electron chi connectivity index (χ4n) is 2.51. The highest BCUT2D eigenvalue weighted by atomic mass is 16.4. The number of carbonyl (C=O) groups excluding carboxylic acids is 1. The SMILES string of the molecule is CCCCCCCCCCCCCCCCNC(=O)[O-]. The predicted octanol–water partition coefficient (Wildman–Crippen LogP) is 4.40. The molecule has 0 aromatic heterocycles. The molecular weight excluding hydrogens is 250 g/mol. The number of unbranched alkanes of at least 4 members (excludes halogenated alkanes) is 13. The van der Waals surface area contributed by atoms with E-state index in [-0.39, 0.29) is 0 Å². The van der Waals surface area contributed by atoms with Crippen LogP contribution in [-0.2, 0) is 0 Å². The van der Waals surface area contributed by atoms with E-state index in [9.17, 15) is 9.90 Å². The number of carboxylic acid groups (broad SMARTS) is 1. The standard InChI is InChI=1S/C17H35NO2/c1-2-3-4-5-6-7-8-9-10-11-12-13-14-15-16-18-17(19)20/h18H,2-16H2,1H3,(H,19,20)/p-1. The Bertz CT molecular complexity index is 207. The molecule has 0 aromatic carbocycles. The van der Waals surface area contributed by atoms with Gasteiger partial charge in [0, 0.05) is 6.54 Å². The third kappa shape index (κ3) is 17.3. The number of hydrogen-bond acceptors (Lipinski definition) is 2. The van der Waals surface area contributed by atoms with Crippen LogP contribution in [0.4, 0.5) is 4.79 Å². The number of hydrogen-bond donors (Lipinski definition) is 1. The Morgan fingerprint density at radius 3 is 1.40 bits per heavy atom. The summed E-state index contributed by atoms with van der Waals surface area (Å²) in [6, 6.07) is 0. The van der Waals surface area contributed by atoms with Crippen LogP contribution in [0.15, 0.2) is 0 Å². The topological polar surface area (TPSA) is 52.2 Å². The van der Waals surface area contributed by atoms with Gasteiger partial charge in [0.25, 0.3) is 0 Å². The molecule has 120 valence electrons. The molecule has 0 bridgehead atoms. The fourth-order valence-corrected chi connectivity index (χ4v) is 2.51. The van der Waals surface area contributed by atoms with Crippen LogP contribution in [-0.4, -0.2) is 12.6 Å². The van der Waals surface area contributed by atoms with Crippen LogP contribution in [0.5, 0.6) is 0 Å². The van der Waals surface area contributed by atoms with E-state index in [0.29, 0.717) is 6.54 Å². The Kier molecular flexibility index (Phi) is 15.7. The van der Waals surface area contributed by atoms with Gasteiger partial charge in [0.2, 0.25) is 0 Å². The van der Waals surface area contributed by atoms with Crippen molar-refractivity contribution in [3.8, 4) is 0 Å². The maximum atomic E-state index is 10.1. The van der Waals surface area contributed by atoms with E-state index in [1.54, 1.807) is 0 Å². The van der Waals surface area contributed by atoms with Gasteiger partial charge in [0.1, 0.15) is 6.09 Å². The van der Waals surface area contributed by atoms with Gasteiger partial charge >= 0.3 is 0 Å². The molecule has 0 saturated carbocycles. The van der Waals surface area contributed by atoms with Gasteiger partial charge in [-0.15, -0.1) is 0 Å². The van der Waals surface area contributed by atoms with Gasteiger partial charge in [-0.3, -0.25) is 0 Å². The minimum absolute atomic E-state index is 0.542. The molecule has 0 radical (unpaired) electrons. The molecule has 0 rings (SSSR count). The van der Waals surface area contributed by atoms with Crippen molar-refractivity contribution in [2.75, 3.05) is 6.54 Å². The molecular formula is C17H34NO2-. The Labute approximate surface area is 125 Å². The third-order valence-electron chi connectivity index (χ3n) is 3.80. The van der Waals surface area contributed by atoms with Gasteiger partial charge in [-0.25, -0.2) is 0 Å². The highest BCUT2D eigenvalue weighted by Crippen LogP contribution is 2.12. The summed E-state index contributed by atoms with van der Waals surface area (Å²) in [5, 5.41) is 12.4. The summed E-state index contributed by atoms with van der Waals surface area (Å²) in [7, 11) is 0. The van der Waals surface area contributed by atoms with E-state index in [2.05, 4.69) is 12.2 Å². The quantitative estimate of drug-likeness (QED) is 0.453. The lowest BCUT2D eigenvalue weighted by Gasteiger charge is -2.06. The average molecular weight is 284 g/mol. The van der Waals surface area contributed by atoms with E-state index in [1.165, 1.54) is 77.0 Å². The average Bonchev–Trinajstić information content (AvgIpc) is 2.43. The summed E-state index contributed by atoms with van der Waals surface area (Å²) in [6.07, 6.45) is 17.3. The summed E-state index contributed by atoms with van der Waals surface area (Å²) < 4.78 is 0. The fraction of sp³-hybridized carbons (Fsp3) is 0.941. The Balaban J connectivity index is 2.94. The van der Waals surface area contributed by atoms with Crippen LogP contribution in [0.3, 0.4) is 0 Å². The van der Waals surface area contributed by atoms with Crippen molar-refractivity contribution in [3.63, 3.8) is 0 Å². The monoisotopic (exact) mass is 284 g/mol. The number of nitrogens with one attached hydrogen (secondary N) is 1. The Morgan fingerprint density at radius 1 is 0.700 bits per heavy atom. The first-order valence-corrected chi connectivity index (χ1v) is 8.72. The van der Waals surface area contributed by atoms with Crippen molar-refractivity contribution >= 4 is 6.09 Å². The van der Waals surface area contributed by atoms with Crippen LogP contribution >= 0.6 is 0 Å². The van der Waals surface area contributed by atoms with Crippen LogP contribution in [0.2, 0.25) is 0 Å². The molecule has 1 N–H and O–H groups in total. The van der Waals surface area contributed by atoms with Crippen LogP contribution < -0.4 is 10.4 Å². The molecule has 0 fully saturated rings. The summed E-state index contributed by atoms with van der Waals surface area (Å²) in [6.45, 7) is 2.81. The molecule has 0 unspecified atom stereocenters. The second-order valence-corrected chi connectivity index (χ2v) is 5.81. The highest BCUT2D eigenvalue weighted by Gasteiger charge is 1.94. The van der Waals surface area contributed by atoms with Crippen LogP contribution in [0, 0.1) is 0 Å². The zero-order chi connectivity index (χ0) is 14.9. The molecule has 0 aliphatic heterocycles. The van der Waals surface area contributed by atoms with Gasteiger partial charge in [-0.2, -0.15) is 0 Å². The molecule has 0 aliphatic carbocycles. The van der Waals surface area contributed by atoms with Gasteiger partial charge in [-0.05, 0) is 6.42 Å². The first kappa shape index (κ1) is 19.3. The summed E-state index contributed by atoms with van der Waals surface area (Å²) >= 11 is 0. The third-order valence-corrected chi connectivity index (χ3v) is 3.80. The normalized spacial score (nSPS) is 10.7. The van der Waals surface area contributed by atoms with Gasteiger partial charge in [0.15, 0.2) is 0 Å². The Hall–Kier alpha value is -0.730. The van der Waals surface area contributed by atoms with E-state index in [1.807, 2.05) is 0 Å². The van der Waals surface area contributed by atoms with E-state index in [4.69, 9.17) is 0 Å². The van der Waals surface area contributed by atoms with E-state index < -0.39 is 6.09 Å². The molecule has 0 heterocycles. The molecule has 0 aliphatic rings. The van der Waals surface area contributed by atoms with Crippen molar-refractivity contribution < 1.29 is 9.90 Å². The number of carbonyl (C=O) groups is 1. The van der Waals surface area contributed by atoms with E-state index >= 15 is 0 Å². The van der Waals surface area contributed by atoms with Gasteiger partial charge in [-0.1, -0.05) is 90.4 Å². The minimum atomic E-state index is -1.15. The molecule has 0 aromatic rings.